The minimum atomic E-state index is -0.785. The average molecular weight is 204 g/mol. The smallest absolute Gasteiger partial charge is 0.167 e. The molecule has 3 N–H and O–H groups in total. The van der Waals surface area contributed by atoms with Crippen LogP contribution in [0.1, 0.15) is 11.9 Å². The maximum absolute atomic E-state index is 9.61. The van der Waals surface area contributed by atoms with Crippen LogP contribution in [-0.4, -0.2) is 26.4 Å². The van der Waals surface area contributed by atoms with E-state index in [-0.39, 0.29) is 6.54 Å². The minimum Gasteiger partial charge on any atom is -0.384 e. The Morgan fingerprint density at radius 1 is 1.33 bits per heavy atom. The van der Waals surface area contributed by atoms with Crippen molar-refractivity contribution in [3.63, 3.8) is 0 Å². The maximum atomic E-state index is 9.61. The highest BCUT2D eigenvalue weighted by molar-refractivity contribution is 5.32. The van der Waals surface area contributed by atoms with Crippen LogP contribution in [0.3, 0.4) is 0 Å². The number of aliphatic hydroxyl groups excluding tert-OH is 1. The Bertz CT molecular complexity index is 426. The molecule has 0 saturated heterocycles. The molecule has 0 aliphatic carbocycles. The van der Waals surface area contributed by atoms with Gasteiger partial charge in [-0.1, -0.05) is 18.2 Å². The normalized spacial score (nSPS) is 12.7. The van der Waals surface area contributed by atoms with Gasteiger partial charge in [0, 0.05) is 12.2 Å². The lowest BCUT2D eigenvalue weighted by Crippen LogP contribution is -2.16. The van der Waals surface area contributed by atoms with E-state index in [1.165, 1.54) is 0 Å². The SMILES string of the molecule is NC[C@H](O)c1nncn1-c1ccccc1. The number of aromatic nitrogens is 3. The molecule has 0 spiro atoms. The number of nitrogens with zero attached hydrogens (tertiary/aromatic N) is 3. The number of hydrogen-bond donors (Lipinski definition) is 2. The fraction of sp³-hybridized carbons (Fsp3) is 0.200. The van der Waals surface area contributed by atoms with Crippen LogP contribution in [-0.2, 0) is 0 Å². The first kappa shape index (κ1) is 9.82. The van der Waals surface area contributed by atoms with Crippen molar-refractivity contribution in [2.75, 3.05) is 6.54 Å². The van der Waals surface area contributed by atoms with Crippen molar-refractivity contribution in [2.45, 2.75) is 6.10 Å². The molecule has 2 rings (SSSR count). The summed E-state index contributed by atoms with van der Waals surface area (Å²) in [7, 11) is 0. The zero-order valence-corrected chi connectivity index (χ0v) is 8.11. The van der Waals surface area contributed by atoms with Gasteiger partial charge in [-0.15, -0.1) is 10.2 Å². The third kappa shape index (κ3) is 1.88. The van der Waals surface area contributed by atoms with Crippen LogP contribution in [0, 0.1) is 0 Å². The Morgan fingerprint density at radius 2 is 2.07 bits per heavy atom. The molecule has 1 atom stereocenters. The Morgan fingerprint density at radius 3 is 2.73 bits per heavy atom. The van der Waals surface area contributed by atoms with Crippen molar-refractivity contribution >= 4 is 0 Å². The summed E-state index contributed by atoms with van der Waals surface area (Å²) in [6.45, 7) is 0.130. The summed E-state index contributed by atoms with van der Waals surface area (Å²) in [5.41, 5.74) is 6.29. The van der Waals surface area contributed by atoms with Gasteiger partial charge in [-0.05, 0) is 12.1 Å². The molecule has 0 radical (unpaired) electrons. The molecule has 0 aliphatic rings. The lowest BCUT2D eigenvalue weighted by atomic mass is 10.3. The van der Waals surface area contributed by atoms with Crippen molar-refractivity contribution < 1.29 is 5.11 Å². The highest BCUT2D eigenvalue weighted by atomic mass is 16.3. The average Bonchev–Trinajstić information content (AvgIpc) is 2.78. The number of aliphatic hydroxyl groups is 1. The van der Waals surface area contributed by atoms with Crippen molar-refractivity contribution in [1.29, 1.82) is 0 Å². The van der Waals surface area contributed by atoms with Gasteiger partial charge in [-0.2, -0.15) is 0 Å². The topological polar surface area (TPSA) is 77.0 Å². The van der Waals surface area contributed by atoms with Crippen LogP contribution in [0.15, 0.2) is 36.7 Å². The monoisotopic (exact) mass is 204 g/mol. The largest absolute Gasteiger partial charge is 0.384 e. The molecule has 0 amide bonds. The first-order chi connectivity index (χ1) is 7.33. The summed E-state index contributed by atoms with van der Waals surface area (Å²) in [5.74, 6) is 0.462. The summed E-state index contributed by atoms with van der Waals surface area (Å²) in [4.78, 5) is 0. The molecule has 2 aromatic rings. The summed E-state index contributed by atoms with van der Waals surface area (Å²) < 4.78 is 1.72. The Kier molecular flexibility index (Phi) is 2.75. The van der Waals surface area contributed by atoms with Crippen LogP contribution in [0.5, 0.6) is 0 Å². The third-order valence-electron chi connectivity index (χ3n) is 2.13. The van der Waals surface area contributed by atoms with Crippen molar-refractivity contribution in [3.05, 3.63) is 42.5 Å². The Labute approximate surface area is 87.2 Å². The molecule has 5 heteroatoms. The molecule has 0 unspecified atom stereocenters. The molecule has 1 aromatic heterocycles. The van der Waals surface area contributed by atoms with Gasteiger partial charge in [0.05, 0.1) is 0 Å². The molecule has 0 fully saturated rings. The molecule has 5 nitrogen and oxygen atoms in total. The molecule has 0 aliphatic heterocycles. The zero-order valence-electron chi connectivity index (χ0n) is 8.11. The molecule has 0 saturated carbocycles. The van der Waals surface area contributed by atoms with E-state index in [0.29, 0.717) is 5.82 Å². The minimum absolute atomic E-state index is 0.130. The summed E-state index contributed by atoms with van der Waals surface area (Å²) in [6.07, 6.45) is 0.775. The fourth-order valence-corrected chi connectivity index (χ4v) is 1.36. The zero-order chi connectivity index (χ0) is 10.7. The van der Waals surface area contributed by atoms with Gasteiger partial charge in [0.1, 0.15) is 12.4 Å². The fourth-order valence-electron chi connectivity index (χ4n) is 1.36. The van der Waals surface area contributed by atoms with Gasteiger partial charge < -0.3 is 10.8 Å². The standard InChI is InChI=1S/C10H12N4O/c11-6-9(15)10-13-12-7-14(10)8-4-2-1-3-5-8/h1-5,7,9,15H,6,11H2/t9-/m0/s1. The summed E-state index contributed by atoms with van der Waals surface area (Å²) in [5, 5.41) is 17.2. The number of benzene rings is 1. The number of nitrogens with two attached hydrogens (primary N) is 1. The summed E-state index contributed by atoms with van der Waals surface area (Å²) >= 11 is 0. The van der Waals surface area contributed by atoms with E-state index < -0.39 is 6.10 Å². The van der Waals surface area contributed by atoms with Gasteiger partial charge >= 0.3 is 0 Å². The van der Waals surface area contributed by atoms with Crippen LogP contribution in [0.25, 0.3) is 5.69 Å². The van der Waals surface area contributed by atoms with E-state index in [2.05, 4.69) is 10.2 Å². The van der Waals surface area contributed by atoms with Crippen molar-refractivity contribution in [1.82, 2.24) is 14.8 Å². The van der Waals surface area contributed by atoms with Crippen LogP contribution in [0.2, 0.25) is 0 Å². The number of rotatable bonds is 3. The lowest BCUT2D eigenvalue weighted by Gasteiger charge is -2.09. The van der Waals surface area contributed by atoms with E-state index in [1.54, 1.807) is 10.9 Å². The van der Waals surface area contributed by atoms with Gasteiger partial charge in [0.25, 0.3) is 0 Å². The predicted octanol–water partition coefficient (Wildman–Crippen LogP) is 0.259. The molecule has 0 bridgehead atoms. The predicted molar refractivity (Wildman–Crippen MR) is 55.4 cm³/mol. The quantitative estimate of drug-likeness (QED) is 0.751. The van der Waals surface area contributed by atoms with E-state index in [1.807, 2.05) is 30.3 Å². The van der Waals surface area contributed by atoms with Crippen molar-refractivity contribution in [3.8, 4) is 5.69 Å². The first-order valence-electron chi connectivity index (χ1n) is 4.66. The van der Waals surface area contributed by atoms with Gasteiger partial charge in [0.15, 0.2) is 5.82 Å². The Balaban J connectivity index is 2.41. The molecular weight excluding hydrogens is 192 g/mol. The lowest BCUT2D eigenvalue weighted by molar-refractivity contribution is 0.174. The molecule has 1 heterocycles. The highest BCUT2D eigenvalue weighted by Crippen LogP contribution is 2.13. The molecule has 78 valence electrons. The van der Waals surface area contributed by atoms with E-state index in [0.717, 1.165) is 5.69 Å². The van der Waals surface area contributed by atoms with E-state index >= 15 is 0 Å². The maximum Gasteiger partial charge on any atom is 0.167 e. The first-order valence-corrected chi connectivity index (χ1v) is 4.66. The van der Waals surface area contributed by atoms with Gasteiger partial charge in [-0.3, -0.25) is 4.57 Å². The van der Waals surface area contributed by atoms with E-state index in [9.17, 15) is 5.11 Å². The molecule has 1 aromatic carbocycles. The van der Waals surface area contributed by atoms with Crippen LogP contribution in [0.4, 0.5) is 0 Å². The Hall–Kier alpha value is -1.72. The number of hydrogen-bond acceptors (Lipinski definition) is 4. The van der Waals surface area contributed by atoms with Gasteiger partial charge in [-0.25, -0.2) is 0 Å². The van der Waals surface area contributed by atoms with E-state index in [4.69, 9.17) is 5.73 Å². The summed E-state index contributed by atoms with van der Waals surface area (Å²) in [6, 6.07) is 9.57. The highest BCUT2D eigenvalue weighted by Gasteiger charge is 2.13. The third-order valence-corrected chi connectivity index (χ3v) is 2.13. The van der Waals surface area contributed by atoms with Gasteiger partial charge in [0.2, 0.25) is 0 Å². The molecular formula is C10H12N4O. The second-order valence-electron chi connectivity index (χ2n) is 3.15. The molecule has 15 heavy (non-hydrogen) atoms. The van der Waals surface area contributed by atoms with Crippen LogP contribution >= 0.6 is 0 Å². The van der Waals surface area contributed by atoms with Crippen LogP contribution < -0.4 is 5.73 Å². The second kappa shape index (κ2) is 4.20. The number of para-hydroxylation sites is 1. The second-order valence-corrected chi connectivity index (χ2v) is 3.15. The van der Waals surface area contributed by atoms with Crippen molar-refractivity contribution in [2.24, 2.45) is 5.73 Å².